The van der Waals surface area contributed by atoms with Crippen LogP contribution >= 0.6 is 0 Å². The van der Waals surface area contributed by atoms with E-state index in [2.05, 4.69) is 5.32 Å². The molecule has 0 unspecified atom stereocenters. The molecule has 0 aliphatic carbocycles. The van der Waals surface area contributed by atoms with Crippen molar-refractivity contribution in [3.05, 3.63) is 0 Å². The van der Waals surface area contributed by atoms with Crippen molar-refractivity contribution in [1.82, 2.24) is 9.62 Å². The lowest BCUT2D eigenvalue weighted by atomic mass is 9.90. The number of carbonyl (C=O) groups excluding carboxylic acids is 1. The highest BCUT2D eigenvalue weighted by Gasteiger charge is 2.34. The highest BCUT2D eigenvalue weighted by atomic mass is 32.2. The summed E-state index contributed by atoms with van der Waals surface area (Å²) < 4.78 is 25.9. The van der Waals surface area contributed by atoms with Gasteiger partial charge in [-0.1, -0.05) is 27.2 Å². The first kappa shape index (κ1) is 20.4. The number of unbranched alkanes of at least 4 members (excludes halogenated alkanes) is 1. The minimum atomic E-state index is -3.16. The molecule has 0 aromatic carbocycles. The first-order chi connectivity index (χ1) is 10.8. The molecule has 136 valence electrons. The van der Waals surface area contributed by atoms with E-state index in [1.165, 1.54) is 0 Å². The molecule has 3 N–H and O–H groups in total. The fraction of sp³-hybridized carbons (Fsp3) is 0.938. The summed E-state index contributed by atoms with van der Waals surface area (Å²) in [5, 5.41) is 3.11. The lowest BCUT2D eigenvalue weighted by molar-refractivity contribution is -0.128. The highest BCUT2D eigenvalue weighted by Crippen LogP contribution is 2.22. The van der Waals surface area contributed by atoms with Gasteiger partial charge in [0, 0.05) is 25.6 Å². The van der Waals surface area contributed by atoms with Gasteiger partial charge in [0.15, 0.2) is 0 Å². The maximum atomic E-state index is 12.5. The quantitative estimate of drug-likeness (QED) is 0.660. The second-order valence-electron chi connectivity index (χ2n) is 6.52. The number of piperidine rings is 1. The maximum Gasteiger partial charge on any atom is 0.223 e. The number of rotatable bonds is 9. The summed E-state index contributed by atoms with van der Waals surface area (Å²) in [7, 11) is -3.16. The zero-order valence-corrected chi connectivity index (χ0v) is 15.6. The van der Waals surface area contributed by atoms with Crippen LogP contribution in [0, 0.1) is 5.92 Å². The summed E-state index contributed by atoms with van der Waals surface area (Å²) in [5.41, 5.74) is 5.50. The molecule has 1 amide bonds. The molecule has 0 aromatic heterocycles. The van der Waals surface area contributed by atoms with Gasteiger partial charge in [-0.3, -0.25) is 4.79 Å². The number of amides is 1. The first-order valence-corrected chi connectivity index (χ1v) is 10.4. The minimum absolute atomic E-state index is 0.0183. The van der Waals surface area contributed by atoms with Crippen molar-refractivity contribution in [3.63, 3.8) is 0 Å². The smallest absolute Gasteiger partial charge is 0.223 e. The number of hydrogen-bond acceptors (Lipinski definition) is 4. The Kier molecular flexibility index (Phi) is 7.97. The van der Waals surface area contributed by atoms with Crippen LogP contribution in [0.2, 0.25) is 0 Å². The van der Waals surface area contributed by atoms with E-state index in [1.54, 1.807) is 4.31 Å². The van der Waals surface area contributed by atoms with E-state index in [4.69, 9.17) is 5.73 Å². The van der Waals surface area contributed by atoms with Gasteiger partial charge < -0.3 is 11.1 Å². The Morgan fingerprint density at radius 2 is 1.78 bits per heavy atom. The average molecular weight is 348 g/mol. The fourth-order valence-electron chi connectivity index (χ4n) is 2.98. The van der Waals surface area contributed by atoms with Crippen molar-refractivity contribution < 1.29 is 13.2 Å². The SMILES string of the molecule is CCCCS(=O)(=O)N1CCC(C(=O)NC(CC)(CC)CN)CC1. The molecule has 23 heavy (non-hydrogen) atoms. The molecule has 1 rings (SSSR count). The van der Waals surface area contributed by atoms with Gasteiger partial charge in [-0.05, 0) is 32.1 Å². The monoisotopic (exact) mass is 347 g/mol. The van der Waals surface area contributed by atoms with E-state index in [9.17, 15) is 13.2 Å². The summed E-state index contributed by atoms with van der Waals surface area (Å²) in [5.74, 6) is 0.115. The molecule has 6 nitrogen and oxygen atoms in total. The molecule has 0 spiro atoms. The van der Waals surface area contributed by atoms with Crippen LogP contribution in [-0.2, 0) is 14.8 Å². The van der Waals surface area contributed by atoms with Gasteiger partial charge in [-0.2, -0.15) is 0 Å². The van der Waals surface area contributed by atoms with E-state index in [-0.39, 0.29) is 23.1 Å². The van der Waals surface area contributed by atoms with Crippen molar-refractivity contribution in [2.24, 2.45) is 11.7 Å². The highest BCUT2D eigenvalue weighted by molar-refractivity contribution is 7.89. The van der Waals surface area contributed by atoms with E-state index in [1.807, 2.05) is 20.8 Å². The molecular weight excluding hydrogens is 314 g/mol. The number of hydrogen-bond donors (Lipinski definition) is 2. The number of nitrogens with two attached hydrogens (primary N) is 1. The summed E-state index contributed by atoms with van der Waals surface area (Å²) in [4.78, 5) is 12.5. The van der Waals surface area contributed by atoms with Crippen molar-refractivity contribution in [3.8, 4) is 0 Å². The lowest BCUT2D eigenvalue weighted by Gasteiger charge is -2.35. The number of nitrogens with one attached hydrogen (secondary N) is 1. The zero-order valence-electron chi connectivity index (χ0n) is 14.8. The van der Waals surface area contributed by atoms with Crippen LogP contribution in [0.25, 0.3) is 0 Å². The molecule has 0 radical (unpaired) electrons. The molecule has 7 heteroatoms. The number of carbonyl (C=O) groups is 1. The topological polar surface area (TPSA) is 92.5 Å². The van der Waals surface area contributed by atoms with Crippen LogP contribution in [-0.4, -0.2) is 49.6 Å². The second kappa shape index (κ2) is 8.99. The summed E-state index contributed by atoms with van der Waals surface area (Å²) in [6.07, 6.45) is 4.34. The van der Waals surface area contributed by atoms with Crippen LogP contribution in [0.1, 0.15) is 59.3 Å². The Bertz CT molecular complexity index is 459. The van der Waals surface area contributed by atoms with Gasteiger partial charge in [0.25, 0.3) is 0 Å². The predicted octanol–water partition coefficient (Wildman–Crippen LogP) is 1.46. The second-order valence-corrected chi connectivity index (χ2v) is 8.61. The normalized spacial score (nSPS) is 18.1. The summed E-state index contributed by atoms with van der Waals surface area (Å²) in [6.45, 7) is 7.35. The van der Waals surface area contributed by atoms with Gasteiger partial charge in [0.2, 0.25) is 15.9 Å². The number of sulfonamides is 1. The van der Waals surface area contributed by atoms with Crippen molar-refractivity contribution >= 4 is 15.9 Å². The Labute approximate surface area is 141 Å². The first-order valence-electron chi connectivity index (χ1n) is 8.84. The third kappa shape index (κ3) is 5.43. The third-order valence-electron chi connectivity index (χ3n) is 5.11. The molecule has 1 aliphatic heterocycles. The van der Waals surface area contributed by atoms with Crippen LogP contribution in [0.5, 0.6) is 0 Å². The molecule has 0 aromatic rings. The Hall–Kier alpha value is -0.660. The molecular formula is C16H33N3O3S. The van der Waals surface area contributed by atoms with Gasteiger partial charge in [0.1, 0.15) is 0 Å². The molecule has 1 saturated heterocycles. The third-order valence-corrected chi connectivity index (χ3v) is 7.06. The van der Waals surface area contributed by atoms with E-state index in [0.717, 1.165) is 19.3 Å². The molecule has 0 bridgehead atoms. The number of nitrogens with zero attached hydrogens (tertiary/aromatic N) is 1. The van der Waals surface area contributed by atoms with Crippen LogP contribution in [0.4, 0.5) is 0 Å². The molecule has 1 heterocycles. The van der Waals surface area contributed by atoms with Gasteiger partial charge in [-0.25, -0.2) is 12.7 Å². The zero-order chi connectivity index (χ0) is 17.5. The van der Waals surface area contributed by atoms with Crippen LogP contribution in [0.3, 0.4) is 0 Å². The largest absolute Gasteiger partial charge is 0.349 e. The Morgan fingerprint density at radius 3 is 2.22 bits per heavy atom. The van der Waals surface area contributed by atoms with E-state index < -0.39 is 10.0 Å². The molecule has 1 aliphatic rings. The Morgan fingerprint density at radius 1 is 1.22 bits per heavy atom. The Balaban J connectivity index is 2.57. The lowest BCUT2D eigenvalue weighted by Crippen LogP contribution is -2.55. The van der Waals surface area contributed by atoms with Crippen molar-refractivity contribution in [2.45, 2.75) is 64.8 Å². The fourth-order valence-corrected chi connectivity index (χ4v) is 4.66. The van der Waals surface area contributed by atoms with Crippen molar-refractivity contribution in [2.75, 3.05) is 25.4 Å². The van der Waals surface area contributed by atoms with Gasteiger partial charge >= 0.3 is 0 Å². The minimum Gasteiger partial charge on any atom is -0.349 e. The van der Waals surface area contributed by atoms with Crippen LogP contribution < -0.4 is 11.1 Å². The predicted molar refractivity (Wildman–Crippen MR) is 93.5 cm³/mol. The van der Waals surface area contributed by atoms with E-state index in [0.29, 0.717) is 38.9 Å². The maximum absolute atomic E-state index is 12.5. The van der Waals surface area contributed by atoms with Gasteiger partial charge in [0.05, 0.1) is 11.3 Å². The standard InChI is InChI=1S/C16H33N3O3S/c1-4-7-12-23(21,22)19-10-8-14(9-11-19)15(20)18-16(5-2,6-3)13-17/h14H,4-13,17H2,1-3H3,(H,18,20). The summed E-state index contributed by atoms with van der Waals surface area (Å²) in [6, 6.07) is 0. The van der Waals surface area contributed by atoms with Gasteiger partial charge in [-0.15, -0.1) is 0 Å². The van der Waals surface area contributed by atoms with Crippen LogP contribution in [0.15, 0.2) is 0 Å². The molecule has 0 atom stereocenters. The van der Waals surface area contributed by atoms with Crippen molar-refractivity contribution in [1.29, 1.82) is 0 Å². The van der Waals surface area contributed by atoms with E-state index >= 15 is 0 Å². The molecule has 1 fully saturated rings. The molecule has 0 saturated carbocycles. The summed E-state index contributed by atoms with van der Waals surface area (Å²) >= 11 is 0. The average Bonchev–Trinajstić information content (AvgIpc) is 2.58.